The minimum Gasteiger partial charge on any atom is -0.290 e. The van der Waals surface area contributed by atoms with Crippen molar-refractivity contribution in [1.29, 1.82) is 0 Å². The Bertz CT molecular complexity index is 574. The van der Waals surface area contributed by atoms with E-state index in [0.717, 1.165) is 13.2 Å². The fraction of sp³-hybridized carbons (Fsp3) is 0.722. The molecule has 1 saturated carbocycles. The molecule has 1 aliphatic heterocycles. The van der Waals surface area contributed by atoms with Gasteiger partial charge in [-0.3, -0.25) is 14.6 Å². The van der Waals surface area contributed by atoms with Gasteiger partial charge in [0.25, 0.3) is 0 Å². The number of anilines is 1. The molecule has 3 nitrogen and oxygen atoms in total. The molecule has 0 unspecified atom stereocenters. The third kappa shape index (κ3) is 2.50. The van der Waals surface area contributed by atoms with E-state index in [2.05, 4.69) is 9.80 Å². The molecule has 0 spiro atoms. The van der Waals surface area contributed by atoms with Crippen LogP contribution in [-0.2, 0) is 24.2 Å². The zero-order chi connectivity index (χ0) is 15.1. The Kier molecular flexibility index (Phi) is 3.99. The number of hydrogen-bond donors (Lipinski definition) is 0. The van der Waals surface area contributed by atoms with Crippen LogP contribution in [0.5, 0.6) is 0 Å². The van der Waals surface area contributed by atoms with E-state index in [1.807, 2.05) is 11.3 Å². The highest BCUT2D eigenvalue weighted by Gasteiger charge is 2.34. The number of rotatable bonds is 1. The number of fused-ring (bicyclic) bond motifs is 3. The standard InChI is InChI=1S/C18H26N2OS/c1-13(21)20-12-19(14-7-3-2-4-8-14)11-16-15-9-5-6-10-17(15)22-18(16)20/h14H,2-12H2,1H3. The van der Waals surface area contributed by atoms with Crippen LogP contribution in [0.4, 0.5) is 5.00 Å². The molecule has 120 valence electrons. The Labute approximate surface area is 137 Å². The average Bonchev–Trinajstić information content (AvgIpc) is 2.93. The van der Waals surface area contributed by atoms with Gasteiger partial charge >= 0.3 is 0 Å². The second kappa shape index (κ2) is 5.97. The maximum Gasteiger partial charge on any atom is 0.225 e. The van der Waals surface area contributed by atoms with Crippen molar-refractivity contribution in [3.8, 4) is 0 Å². The van der Waals surface area contributed by atoms with Crippen molar-refractivity contribution in [3.05, 3.63) is 16.0 Å². The van der Waals surface area contributed by atoms with Gasteiger partial charge in [-0.25, -0.2) is 0 Å². The first-order valence-corrected chi connectivity index (χ1v) is 9.71. The van der Waals surface area contributed by atoms with Crippen molar-refractivity contribution >= 4 is 22.2 Å². The van der Waals surface area contributed by atoms with E-state index in [4.69, 9.17) is 0 Å². The molecule has 3 aliphatic rings. The van der Waals surface area contributed by atoms with Crippen LogP contribution in [0.15, 0.2) is 0 Å². The third-order valence-electron chi connectivity index (χ3n) is 5.66. The molecule has 2 heterocycles. The summed E-state index contributed by atoms with van der Waals surface area (Å²) in [6.07, 6.45) is 11.8. The molecule has 0 aromatic carbocycles. The van der Waals surface area contributed by atoms with E-state index >= 15 is 0 Å². The Morgan fingerprint density at radius 3 is 2.59 bits per heavy atom. The van der Waals surface area contributed by atoms with Gasteiger partial charge in [0.05, 0.1) is 6.67 Å². The first-order chi connectivity index (χ1) is 10.7. The molecule has 0 radical (unpaired) electrons. The van der Waals surface area contributed by atoms with Gasteiger partial charge in [0.1, 0.15) is 5.00 Å². The van der Waals surface area contributed by atoms with Gasteiger partial charge in [0, 0.05) is 30.0 Å². The second-order valence-corrected chi connectivity index (χ2v) is 8.21. The van der Waals surface area contributed by atoms with Crippen LogP contribution >= 0.6 is 11.3 Å². The number of carbonyl (C=O) groups is 1. The molecule has 22 heavy (non-hydrogen) atoms. The van der Waals surface area contributed by atoms with E-state index in [1.165, 1.54) is 68.4 Å². The molecule has 0 N–H and O–H groups in total. The topological polar surface area (TPSA) is 23.6 Å². The molecule has 0 atom stereocenters. The van der Waals surface area contributed by atoms with Crippen molar-refractivity contribution in [2.24, 2.45) is 0 Å². The lowest BCUT2D eigenvalue weighted by Gasteiger charge is -2.41. The minimum atomic E-state index is 0.209. The molecule has 1 aromatic heterocycles. The predicted octanol–water partition coefficient (Wildman–Crippen LogP) is 4.09. The van der Waals surface area contributed by atoms with Gasteiger partial charge in [-0.1, -0.05) is 19.3 Å². The maximum atomic E-state index is 12.2. The summed E-state index contributed by atoms with van der Waals surface area (Å²) in [5, 5.41) is 1.27. The first kappa shape index (κ1) is 14.7. The van der Waals surface area contributed by atoms with E-state index in [-0.39, 0.29) is 5.91 Å². The highest BCUT2D eigenvalue weighted by molar-refractivity contribution is 7.16. The van der Waals surface area contributed by atoms with Crippen molar-refractivity contribution in [3.63, 3.8) is 0 Å². The summed E-state index contributed by atoms with van der Waals surface area (Å²) in [7, 11) is 0. The van der Waals surface area contributed by atoms with Crippen molar-refractivity contribution in [1.82, 2.24) is 4.90 Å². The molecule has 0 bridgehead atoms. The highest BCUT2D eigenvalue weighted by atomic mass is 32.1. The van der Waals surface area contributed by atoms with Crippen LogP contribution in [0, 0.1) is 0 Å². The second-order valence-electron chi connectivity index (χ2n) is 7.12. The van der Waals surface area contributed by atoms with Gasteiger partial charge in [0.15, 0.2) is 0 Å². The summed E-state index contributed by atoms with van der Waals surface area (Å²) in [6.45, 7) is 3.62. The molecule has 1 amide bonds. The number of aryl methyl sites for hydroxylation is 1. The molecule has 4 rings (SSSR count). The normalized spacial score (nSPS) is 23.2. The summed E-state index contributed by atoms with van der Waals surface area (Å²) < 4.78 is 0. The average molecular weight is 318 g/mol. The Morgan fingerprint density at radius 2 is 1.82 bits per heavy atom. The summed E-state index contributed by atoms with van der Waals surface area (Å²) in [5.41, 5.74) is 3.09. The number of thiophene rings is 1. The molecule has 4 heteroatoms. The predicted molar refractivity (Wildman–Crippen MR) is 91.4 cm³/mol. The molecule has 1 fully saturated rings. The van der Waals surface area contributed by atoms with Crippen molar-refractivity contribution < 1.29 is 4.79 Å². The van der Waals surface area contributed by atoms with Gasteiger partial charge in [-0.2, -0.15) is 0 Å². The summed E-state index contributed by atoms with van der Waals surface area (Å²) >= 11 is 1.90. The van der Waals surface area contributed by atoms with Gasteiger partial charge < -0.3 is 0 Å². The smallest absolute Gasteiger partial charge is 0.225 e. The molecule has 2 aliphatic carbocycles. The van der Waals surface area contributed by atoms with Crippen LogP contribution in [0.1, 0.15) is 67.9 Å². The number of hydrogen-bond acceptors (Lipinski definition) is 3. The van der Waals surface area contributed by atoms with Crippen LogP contribution in [0.3, 0.4) is 0 Å². The lowest BCUT2D eigenvalue weighted by Crippen LogP contribution is -2.49. The zero-order valence-electron chi connectivity index (χ0n) is 13.6. The lowest BCUT2D eigenvalue weighted by atomic mass is 9.91. The van der Waals surface area contributed by atoms with E-state index in [9.17, 15) is 4.79 Å². The van der Waals surface area contributed by atoms with Gasteiger partial charge in [0.2, 0.25) is 5.91 Å². The molecule has 0 saturated heterocycles. The third-order valence-corrected chi connectivity index (χ3v) is 7.02. The monoisotopic (exact) mass is 318 g/mol. The summed E-state index contributed by atoms with van der Waals surface area (Å²) in [6, 6.07) is 0.683. The Morgan fingerprint density at radius 1 is 1.05 bits per heavy atom. The maximum absolute atomic E-state index is 12.2. The zero-order valence-corrected chi connectivity index (χ0v) is 14.4. The lowest BCUT2D eigenvalue weighted by molar-refractivity contribution is -0.117. The van der Waals surface area contributed by atoms with Crippen LogP contribution in [0.25, 0.3) is 0 Å². The fourth-order valence-corrected chi connectivity index (χ4v) is 5.87. The van der Waals surface area contributed by atoms with E-state index in [0.29, 0.717) is 6.04 Å². The summed E-state index contributed by atoms with van der Waals surface area (Å²) in [5.74, 6) is 0.209. The van der Waals surface area contributed by atoms with Gasteiger partial charge in [-0.05, 0) is 44.1 Å². The van der Waals surface area contributed by atoms with Gasteiger partial charge in [-0.15, -0.1) is 11.3 Å². The SMILES string of the molecule is CC(=O)N1CN(C2CCCCC2)Cc2c1sc1c2CCCC1. The van der Waals surface area contributed by atoms with E-state index in [1.54, 1.807) is 17.4 Å². The highest BCUT2D eigenvalue weighted by Crippen LogP contribution is 2.44. The summed E-state index contributed by atoms with van der Waals surface area (Å²) in [4.78, 5) is 18.4. The quantitative estimate of drug-likeness (QED) is 0.779. The molecular formula is C18H26N2OS. The number of amides is 1. The minimum absolute atomic E-state index is 0.209. The fourth-order valence-electron chi connectivity index (χ4n) is 4.43. The Hall–Kier alpha value is -0.870. The van der Waals surface area contributed by atoms with Crippen LogP contribution in [0.2, 0.25) is 0 Å². The van der Waals surface area contributed by atoms with E-state index < -0.39 is 0 Å². The molecule has 1 aromatic rings. The van der Waals surface area contributed by atoms with Crippen LogP contribution < -0.4 is 4.90 Å². The van der Waals surface area contributed by atoms with Crippen molar-refractivity contribution in [2.75, 3.05) is 11.6 Å². The molecular weight excluding hydrogens is 292 g/mol. The Balaban J connectivity index is 1.68. The number of nitrogens with zero attached hydrogens (tertiary/aromatic N) is 2. The van der Waals surface area contributed by atoms with Crippen molar-refractivity contribution in [2.45, 2.75) is 77.3 Å². The first-order valence-electron chi connectivity index (χ1n) is 8.89. The number of carbonyl (C=O) groups excluding carboxylic acids is 1. The van der Waals surface area contributed by atoms with Crippen LogP contribution in [-0.4, -0.2) is 23.5 Å². The largest absolute Gasteiger partial charge is 0.290 e.